The van der Waals surface area contributed by atoms with Crippen LogP contribution in [0, 0.1) is 0 Å². The molecule has 2 rings (SSSR count). The summed E-state index contributed by atoms with van der Waals surface area (Å²) in [6.07, 6.45) is 5.08. The van der Waals surface area contributed by atoms with E-state index in [1.165, 1.54) is 0 Å². The van der Waals surface area contributed by atoms with Crippen molar-refractivity contribution in [2.45, 2.75) is 69.6 Å². The quantitative estimate of drug-likeness (QED) is 0.743. The lowest BCUT2D eigenvalue weighted by Crippen LogP contribution is -2.57. The van der Waals surface area contributed by atoms with E-state index in [1.54, 1.807) is 6.92 Å². The van der Waals surface area contributed by atoms with Crippen LogP contribution in [0.4, 0.5) is 0 Å². The van der Waals surface area contributed by atoms with Crippen LogP contribution in [0.15, 0.2) is 0 Å². The van der Waals surface area contributed by atoms with Gasteiger partial charge in [0, 0.05) is 6.61 Å². The second-order valence-electron chi connectivity index (χ2n) is 6.16. The SMILES string of the molecule is CC(OCC1CCCCO1)C(=O)NC1(CC(=O)O)CCC1. The van der Waals surface area contributed by atoms with Crippen LogP contribution in [0.25, 0.3) is 0 Å². The van der Waals surface area contributed by atoms with Crippen molar-refractivity contribution in [3.05, 3.63) is 0 Å². The third-order valence-corrected chi connectivity index (χ3v) is 4.36. The van der Waals surface area contributed by atoms with Gasteiger partial charge in [0.25, 0.3) is 0 Å². The smallest absolute Gasteiger partial charge is 0.305 e. The van der Waals surface area contributed by atoms with Gasteiger partial charge in [0.05, 0.1) is 24.7 Å². The molecular weight excluding hydrogens is 274 g/mol. The maximum atomic E-state index is 12.1. The number of ether oxygens (including phenoxy) is 2. The first-order valence-corrected chi connectivity index (χ1v) is 7.78. The fourth-order valence-corrected chi connectivity index (χ4v) is 2.87. The Labute approximate surface area is 125 Å². The summed E-state index contributed by atoms with van der Waals surface area (Å²) in [4.78, 5) is 23.0. The van der Waals surface area contributed by atoms with E-state index < -0.39 is 17.6 Å². The van der Waals surface area contributed by atoms with Gasteiger partial charge in [0.15, 0.2) is 0 Å². The molecule has 1 saturated carbocycles. The van der Waals surface area contributed by atoms with Gasteiger partial charge in [0.2, 0.25) is 5.91 Å². The number of carbonyl (C=O) groups excluding carboxylic acids is 1. The van der Waals surface area contributed by atoms with Crippen LogP contribution in [-0.4, -0.2) is 47.9 Å². The first-order valence-electron chi connectivity index (χ1n) is 7.78. The van der Waals surface area contributed by atoms with Gasteiger partial charge < -0.3 is 19.9 Å². The van der Waals surface area contributed by atoms with Gasteiger partial charge in [-0.1, -0.05) is 0 Å². The molecule has 2 aliphatic rings. The molecule has 2 N–H and O–H groups in total. The van der Waals surface area contributed by atoms with E-state index in [4.69, 9.17) is 14.6 Å². The molecule has 1 aliphatic heterocycles. The molecule has 2 unspecified atom stereocenters. The summed E-state index contributed by atoms with van der Waals surface area (Å²) in [5.74, 6) is -1.11. The number of nitrogens with one attached hydrogen (secondary N) is 1. The summed E-state index contributed by atoms with van der Waals surface area (Å²) in [6.45, 7) is 2.88. The third kappa shape index (κ3) is 4.68. The molecule has 0 aromatic heterocycles. The van der Waals surface area contributed by atoms with Crippen LogP contribution in [0.1, 0.15) is 51.9 Å². The lowest BCUT2D eigenvalue weighted by Gasteiger charge is -2.42. The zero-order chi connectivity index (χ0) is 15.3. The number of amides is 1. The predicted molar refractivity (Wildman–Crippen MR) is 76.0 cm³/mol. The molecule has 2 fully saturated rings. The zero-order valence-electron chi connectivity index (χ0n) is 12.6. The molecule has 1 heterocycles. The summed E-state index contributed by atoms with van der Waals surface area (Å²) >= 11 is 0. The molecule has 120 valence electrons. The maximum Gasteiger partial charge on any atom is 0.305 e. The zero-order valence-corrected chi connectivity index (χ0v) is 12.6. The van der Waals surface area contributed by atoms with Gasteiger partial charge >= 0.3 is 5.97 Å². The van der Waals surface area contributed by atoms with Crippen LogP contribution >= 0.6 is 0 Å². The lowest BCUT2D eigenvalue weighted by atomic mass is 9.74. The van der Waals surface area contributed by atoms with Crippen LogP contribution in [0.5, 0.6) is 0 Å². The molecule has 1 aliphatic carbocycles. The Kier molecular flexibility index (Phi) is 5.58. The molecule has 0 aromatic carbocycles. The van der Waals surface area contributed by atoms with Crippen molar-refractivity contribution >= 4 is 11.9 Å². The highest BCUT2D eigenvalue weighted by molar-refractivity contribution is 5.82. The number of hydrogen-bond acceptors (Lipinski definition) is 4. The summed E-state index contributed by atoms with van der Waals surface area (Å²) in [7, 11) is 0. The van der Waals surface area contributed by atoms with Gasteiger partial charge in [-0.25, -0.2) is 0 Å². The van der Waals surface area contributed by atoms with Gasteiger partial charge in [-0.2, -0.15) is 0 Å². The Morgan fingerprint density at radius 3 is 2.67 bits per heavy atom. The number of carbonyl (C=O) groups is 2. The monoisotopic (exact) mass is 299 g/mol. The molecule has 1 amide bonds. The van der Waals surface area contributed by atoms with Gasteiger partial charge in [-0.15, -0.1) is 0 Å². The van der Waals surface area contributed by atoms with Gasteiger partial charge in [-0.3, -0.25) is 9.59 Å². The molecule has 0 aromatic rings. The van der Waals surface area contributed by atoms with E-state index in [0.29, 0.717) is 6.61 Å². The fourth-order valence-electron chi connectivity index (χ4n) is 2.87. The van der Waals surface area contributed by atoms with Crippen molar-refractivity contribution in [2.24, 2.45) is 0 Å². The third-order valence-electron chi connectivity index (χ3n) is 4.36. The molecule has 0 radical (unpaired) electrons. The second-order valence-corrected chi connectivity index (χ2v) is 6.16. The summed E-state index contributed by atoms with van der Waals surface area (Å²) in [6, 6.07) is 0. The van der Waals surface area contributed by atoms with Crippen molar-refractivity contribution in [3.8, 4) is 0 Å². The molecule has 6 nitrogen and oxygen atoms in total. The molecule has 21 heavy (non-hydrogen) atoms. The molecule has 1 saturated heterocycles. The first-order chi connectivity index (χ1) is 10.0. The van der Waals surface area contributed by atoms with Gasteiger partial charge in [-0.05, 0) is 45.4 Å². The Morgan fingerprint density at radius 1 is 1.38 bits per heavy atom. The Hall–Kier alpha value is -1.14. The van der Waals surface area contributed by atoms with E-state index in [-0.39, 0.29) is 18.4 Å². The van der Waals surface area contributed by atoms with Crippen molar-refractivity contribution in [1.82, 2.24) is 5.32 Å². The molecular formula is C15H25NO5. The normalized spacial score (nSPS) is 25.7. The lowest BCUT2D eigenvalue weighted by molar-refractivity contribution is -0.143. The van der Waals surface area contributed by atoms with E-state index in [2.05, 4.69) is 5.32 Å². The Bertz CT molecular complexity index is 374. The number of rotatable bonds is 7. The van der Waals surface area contributed by atoms with Crippen molar-refractivity contribution < 1.29 is 24.2 Å². The van der Waals surface area contributed by atoms with E-state index >= 15 is 0 Å². The highest BCUT2D eigenvalue weighted by Crippen LogP contribution is 2.35. The summed E-state index contributed by atoms with van der Waals surface area (Å²) < 4.78 is 11.1. The molecule has 0 bridgehead atoms. The predicted octanol–water partition coefficient (Wildman–Crippen LogP) is 1.47. The molecule has 0 spiro atoms. The van der Waals surface area contributed by atoms with Crippen molar-refractivity contribution in [3.63, 3.8) is 0 Å². The number of carboxylic acids is 1. The largest absolute Gasteiger partial charge is 0.481 e. The van der Waals surface area contributed by atoms with Gasteiger partial charge in [0.1, 0.15) is 6.10 Å². The van der Waals surface area contributed by atoms with Crippen molar-refractivity contribution in [1.29, 1.82) is 0 Å². The van der Waals surface area contributed by atoms with Crippen LogP contribution in [0.2, 0.25) is 0 Å². The standard InChI is InChI=1S/C15H25NO5/c1-11(21-10-12-5-2-3-8-20-12)14(19)16-15(6-4-7-15)9-13(17)18/h11-12H,2-10H2,1H3,(H,16,19)(H,17,18). The summed E-state index contributed by atoms with van der Waals surface area (Å²) in [5, 5.41) is 11.8. The van der Waals surface area contributed by atoms with E-state index in [0.717, 1.165) is 45.1 Å². The Balaban J connectivity index is 1.74. The Morgan fingerprint density at radius 2 is 2.14 bits per heavy atom. The average molecular weight is 299 g/mol. The minimum atomic E-state index is -0.876. The molecule has 2 atom stereocenters. The number of hydrogen-bond donors (Lipinski definition) is 2. The van der Waals surface area contributed by atoms with Crippen LogP contribution in [0.3, 0.4) is 0 Å². The second kappa shape index (κ2) is 7.22. The fraction of sp³-hybridized carbons (Fsp3) is 0.867. The topological polar surface area (TPSA) is 84.9 Å². The minimum Gasteiger partial charge on any atom is -0.481 e. The average Bonchev–Trinajstić information content (AvgIpc) is 2.42. The highest BCUT2D eigenvalue weighted by atomic mass is 16.5. The number of carboxylic acid groups (broad SMARTS) is 1. The molecule has 6 heteroatoms. The highest BCUT2D eigenvalue weighted by Gasteiger charge is 2.41. The van der Waals surface area contributed by atoms with E-state index in [1.807, 2.05) is 0 Å². The first kappa shape index (κ1) is 16.2. The van der Waals surface area contributed by atoms with Crippen LogP contribution in [-0.2, 0) is 19.1 Å². The maximum absolute atomic E-state index is 12.1. The minimum absolute atomic E-state index is 0.0167. The van der Waals surface area contributed by atoms with Crippen LogP contribution < -0.4 is 5.32 Å². The van der Waals surface area contributed by atoms with Crippen molar-refractivity contribution in [2.75, 3.05) is 13.2 Å². The van der Waals surface area contributed by atoms with E-state index in [9.17, 15) is 9.59 Å². The summed E-state index contributed by atoms with van der Waals surface area (Å²) in [5.41, 5.74) is -0.568. The number of aliphatic carboxylic acids is 1.